The average molecular weight is 231 g/mol. The molecule has 1 unspecified atom stereocenters. The van der Waals surface area contributed by atoms with Gasteiger partial charge in [-0.2, -0.15) is 0 Å². The van der Waals surface area contributed by atoms with Crippen LogP contribution in [-0.4, -0.2) is 23.3 Å². The molecule has 2 aliphatic rings. The van der Waals surface area contributed by atoms with Gasteiger partial charge in [0.05, 0.1) is 11.6 Å². The third-order valence-corrected chi connectivity index (χ3v) is 4.06. The van der Waals surface area contributed by atoms with Gasteiger partial charge in [-0.05, 0) is 50.7 Å². The topological polar surface area (TPSA) is 23.5 Å². The predicted octanol–water partition coefficient (Wildman–Crippen LogP) is 2.60. The van der Waals surface area contributed by atoms with E-state index in [1.54, 1.807) is 0 Å². The minimum Gasteiger partial charge on any atom is -0.388 e. The Morgan fingerprint density at radius 2 is 2.00 bits per heavy atom. The largest absolute Gasteiger partial charge is 0.388 e. The molecule has 1 aromatic carbocycles. The van der Waals surface area contributed by atoms with Gasteiger partial charge >= 0.3 is 0 Å². The van der Waals surface area contributed by atoms with Crippen LogP contribution in [0.2, 0.25) is 0 Å². The highest BCUT2D eigenvalue weighted by Crippen LogP contribution is 2.40. The number of nitrogens with zero attached hydrogens (tertiary/aromatic N) is 1. The van der Waals surface area contributed by atoms with Crippen LogP contribution in [-0.2, 0) is 6.42 Å². The maximum absolute atomic E-state index is 10.4. The molecule has 0 spiro atoms. The first-order chi connectivity index (χ1) is 8.05. The number of hydrogen-bond donors (Lipinski definition) is 1. The molecule has 2 nitrogen and oxygen atoms in total. The van der Waals surface area contributed by atoms with Gasteiger partial charge < -0.3 is 10.0 Å². The molecule has 1 aliphatic carbocycles. The zero-order chi connectivity index (χ0) is 12.0. The highest BCUT2D eigenvalue weighted by atomic mass is 16.3. The van der Waals surface area contributed by atoms with Crippen LogP contribution < -0.4 is 4.90 Å². The fourth-order valence-corrected chi connectivity index (χ4v) is 2.89. The van der Waals surface area contributed by atoms with Gasteiger partial charge in [0.15, 0.2) is 0 Å². The van der Waals surface area contributed by atoms with Crippen molar-refractivity contribution in [3.63, 3.8) is 0 Å². The molecule has 1 atom stereocenters. The quantitative estimate of drug-likeness (QED) is 0.864. The molecule has 0 amide bonds. The highest BCUT2D eigenvalue weighted by Gasteiger charge is 2.40. The summed E-state index contributed by atoms with van der Waals surface area (Å²) in [4.78, 5) is 2.44. The summed E-state index contributed by atoms with van der Waals surface area (Å²) in [7, 11) is 0. The Kier molecular flexibility index (Phi) is 2.44. The van der Waals surface area contributed by atoms with Gasteiger partial charge in [-0.1, -0.05) is 18.2 Å². The Labute approximate surface area is 103 Å². The molecule has 1 N–H and O–H groups in total. The van der Waals surface area contributed by atoms with E-state index in [4.69, 9.17) is 0 Å². The van der Waals surface area contributed by atoms with Crippen molar-refractivity contribution >= 4 is 5.69 Å². The van der Waals surface area contributed by atoms with E-state index in [-0.39, 0.29) is 6.04 Å². The Balaban J connectivity index is 1.92. The van der Waals surface area contributed by atoms with Gasteiger partial charge in [-0.25, -0.2) is 0 Å². The van der Waals surface area contributed by atoms with Crippen molar-refractivity contribution in [3.05, 3.63) is 29.8 Å². The van der Waals surface area contributed by atoms with Crippen molar-refractivity contribution < 1.29 is 5.11 Å². The molecule has 0 bridgehead atoms. The van der Waals surface area contributed by atoms with Gasteiger partial charge in [0, 0.05) is 12.2 Å². The molecule has 1 fully saturated rings. The number of para-hydroxylation sites is 1. The lowest BCUT2D eigenvalue weighted by Crippen LogP contribution is -2.48. The summed E-state index contributed by atoms with van der Waals surface area (Å²) in [5.74, 6) is 0.853. The van der Waals surface area contributed by atoms with Crippen molar-refractivity contribution in [2.45, 2.75) is 44.8 Å². The second kappa shape index (κ2) is 3.74. The van der Waals surface area contributed by atoms with Gasteiger partial charge in [0.25, 0.3) is 0 Å². The van der Waals surface area contributed by atoms with Crippen LogP contribution in [0.15, 0.2) is 24.3 Å². The molecule has 0 aromatic heterocycles. The normalized spacial score (nSPS) is 23.9. The summed E-state index contributed by atoms with van der Waals surface area (Å²) in [5.41, 5.74) is 2.10. The van der Waals surface area contributed by atoms with E-state index in [1.807, 2.05) is 13.8 Å². The van der Waals surface area contributed by atoms with Gasteiger partial charge in [0.1, 0.15) is 0 Å². The first kappa shape index (κ1) is 11.1. The van der Waals surface area contributed by atoms with E-state index in [2.05, 4.69) is 29.2 Å². The van der Waals surface area contributed by atoms with Gasteiger partial charge in [-0.3, -0.25) is 0 Å². The summed E-state index contributed by atoms with van der Waals surface area (Å²) in [6, 6.07) is 8.83. The molecule has 2 heteroatoms. The van der Waals surface area contributed by atoms with Crippen LogP contribution >= 0.6 is 0 Å². The summed E-state index contributed by atoms with van der Waals surface area (Å²) in [6.07, 6.45) is 3.70. The minimum atomic E-state index is -0.631. The number of benzene rings is 1. The Bertz CT molecular complexity index is 417. The maximum Gasteiger partial charge on any atom is 0.0797 e. The summed E-state index contributed by atoms with van der Waals surface area (Å²) >= 11 is 0. The predicted molar refractivity (Wildman–Crippen MR) is 70.3 cm³/mol. The molecule has 1 aromatic rings. The lowest BCUT2D eigenvalue weighted by molar-refractivity contribution is 0.0514. The number of hydrogen-bond acceptors (Lipinski definition) is 2. The fourth-order valence-electron chi connectivity index (χ4n) is 2.89. The minimum absolute atomic E-state index is 0.237. The van der Waals surface area contributed by atoms with E-state index < -0.39 is 5.60 Å². The molecule has 1 heterocycles. The lowest BCUT2D eigenvalue weighted by Gasteiger charge is -2.35. The van der Waals surface area contributed by atoms with Crippen molar-refractivity contribution in [3.8, 4) is 0 Å². The second-order valence-corrected chi connectivity index (χ2v) is 6.10. The SMILES string of the molecule is CC(C)(O)C1Cc2ccccc2N1CC1CC1. The number of aliphatic hydroxyl groups is 1. The molecule has 3 rings (SSSR count). The molecule has 92 valence electrons. The molecular weight excluding hydrogens is 210 g/mol. The number of anilines is 1. The van der Waals surface area contributed by atoms with Crippen LogP contribution in [0.3, 0.4) is 0 Å². The highest BCUT2D eigenvalue weighted by molar-refractivity contribution is 5.60. The van der Waals surface area contributed by atoms with Gasteiger partial charge in [-0.15, -0.1) is 0 Å². The van der Waals surface area contributed by atoms with E-state index in [0.29, 0.717) is 0 Å². The van der Waals surface area contributed by atoms with Crippen LogP contribution in [0.25, 0.3) is 0 Å². The van der Waals surface area contributed by atoms with E-state index in [1.165, 1.54) is 24.1 Å². The monoisotopic (exact) mass is 231 g/mol. The van der Waals surface area contributed by atoms with Crippen LogP contribution in [0, 0.1) is 5.92 Å². The number of rotatable bonds is 3. The fraction of sp³-hybridized carbons (Fsp3) is 0.600. The zero-order valence-electron chi connectivity index (χ0n) is 10.7. The molecule has 1 saturated carbocycles. The van der Waals surface area contributed by atoms with Crippen LogP contribution in [0.4, 0.5) is 5.69 Å². The summed E-state index contributed by atoms with van der Waals surface area (Å²) in [6.45, 7) is 4.98. The Morgan fingerprint density at radius 1 is 1.29 bits per heavy atom. The Morgan fingerprint density at radius 3 is 2.65 bits per heavy atom. The molecule has 17 heavy (non-hydrogen) atoms. The lowest BCUT2D eigenvalue weighted by atomic mass is 9.95. The van der Waals surface area contributed by atoms with Crippen molar-refractivity contribution in [2.24, 2.45) is 5.92 Å². The molecule has 0 radical (unpaired) electrons. The third kappa shape index (κ3) is 2.06. The van der Waals surface area contributed by atoms with E-state index in [9.17, 15) is 5.11 Å². The zero-order valence-corrected chi connectivity index (χ0v) is 10.7. The average Bonchev–Trinajstić information content (AvgIpc) is 2.98. The number of fused-ring (bicyclic) bond motifs is 1. The van der Waals surface area contributed by atoms with Crippen LogP contribution in [0.5, 0.6) is 0 Å². The van der Waals surface area contributed by atoms with Crippen molar-refractivity contribution in [2.75, 3.05) is 11.4 Å². The smallest absolute Gasteiger partial charge is 0.0797 e. The van der Waals surface area contributed by atoms with Gasteiger partial charge in [0.2, 0.25) is 0 Å². The first-order valence-corrected chi connectivity index (χ1v) is 6.62. The standard InChI is InChI=1S/C15H21NO/c1-15(2,17)14-9-12-5-3-4-6-13(12)16(14)10-11-7-8-11/h3-6,11,14,17H,7-10H2,1-2H3. The maximum atomic E-state index is 10.4. The van der Waals surface area contributed by atoms with E-state index >= 15 is 0 Å². The molecular formula is C15H21NO. The van der Waals surface area contributed by atoms with E-state index in [0.717, 1.165) is 18.9 Å². The summed E-state index contributed by atoms with van der Waals surface area (Å²) < 4.78 is 0. The first-order valence-electron chi connectivity index (χ1n) is 6.62. The Hall–Kier alpha value is -1.02. The van der Waals surface area contributed by atoms with Crippen molar-refractivity contribution in [1.82, 2.24) is 0 Å². The van der Waals surface area contributed by atoms with Crippen LogP contribution in [0.1, 0.15) is 32.3 Å². The molecule has 1 aliphatic heterocycles. The third-order valence-electron chi connectivity index (χ3n) is 4.06. The summed E-state index contributed by atoms with van der Waals surface area (Å²) in [5, 5.41) is 10.4. The molecule has 0 saturated heterocycles. The second-order valence-electron chi connectivity index (χ2n) is 6.10. The van der Waals surface area contributed by atoms with Crippen molar-refractivity contribution in [1.29, 1.82) is 0 Å².